The molecule has 0 aliphatic carbocycles. The average molecular weight is 384 g/mol. The highest BCUT2D eigenvalue weighted by Gasteiger charge is 2.46. The third kappa shape index (κ3) is 2.03. The van der Waals surface area contributed by atoms with Gasteiger partial charge in [-0.25, -0.2) is 4.98 Å². The van der Waals surface area contributed by atoms with Crippen LogP contribution in [-0.4, -0.2) is 25.3 Å². The van der Waals surface area contributed by atoms with Gasteiger partial charge in [0.05, 0.1) is 23.0 Å². The summed E-state index contributed by atoms with van der Waals surface area (Å²) >= 11 is 0. The zero-order valence-corrected chi connectivity index (χ0v) is 16.2. The second-order valence-corrected chi connectivity index (χ2v) is 8.04. The fraction of sp³-hybridized carbons (Fsp3) is 0.261. The van der Waals surface area contributed by atoms with E-state index in [0.717, 1.165) is 11.2 Å². The number of fused-ring (bicyclic) bond motifs is 7. The molecule has 0 spiro atoms. The van der Waals surface area contributed by atoms with Gasteiger partial charge in [-0.1, -0.05) is 30.3 Å². The van der Waals surface area contributed by atoms with E-state index < -0.39 is 6.04 Å². The standard InChI is InChI=1S/C23H20N4O2/c1-12-20-16(14-7-3-5-9-17(14)24-20)11-19-21-25-18-10-6-4-8-15(18)23(29)27(21)13(2)22(28)26(12)19/h3-10,12-13,19,24H,11H2,1-2H3/t12-,13+,19+/m1/s1. The molecule has 0 saturated carbocycles. The van der Waals surface area contributed by atoms with Gasteiger partial charge in [0, 0.05) is 23.0 Å². The Morgan fingerprint density at radius 2 is 1.69 bits per heavy atom. The first kappa shape index (κ1) is 16.5. The van der Waals surface area contributed by atoms with E-state index in [9.17, 15) is 9.59 Å². The van der Waals surface area contributed by atoms with E-state index in [1.807, 2.05) is 35.2 Å². The molecule has 0 unspecified atom stereocenters. The summed E-state index contributed by atoms with van der Waals surface area (Å²) in [6.45, 7) is 3.85. The number of aromatic nitrogens is 3. The number of amides is 1. The Hall–Kier alpha value is -3.41. The monoisotopic (exact) mass is 384 g/mol. The van der Waals surface area contributed by atoms with Gasteiger partial charge in [0.15, 0.2) is 0 Å². The Balaban J connectivity index is 1.65. The van der Waals surface area contributed by atoms with Gasteiger partial charge in [-0.3, -0.25) is 14.2 Å². The molecular weight excluding hydrogens is 364 g/mol. The smallest absolute Gasteiger partial charge is 0.262 e. The summed E-state index contributed by atoms with van der Waals surface area (Å²) in [7, 11) is 0. The highest BCUT2D eigenvalue weighted by molar-refractivity contribution is 5.88. The topological polar surface area (TPSA) is 71.0 Å². The number of benzene rings is 2. The molecule has 6 heteroatoms. The summed E-state index contributed by atoms with van der Waals surface area (Å²) in [5, 5.41) is 1.73. The van der Waals surface area contributed by atoms with Crippen LogP contribution in [0, 0.1) is 0 Å². The maximum Gasteiger partial charge on any atom is 0.262 e. The molecule has 2 aromatic heterocycles. The fourth-order valence-electron chi connectivity index (χ4n) is 5.16. The molecule has 0 saturated heterocycles. The molecule has 4 heterocycles. The van der Waals surface area contributed by atoms with E-state index in [4.69, 9.17) is 4.98 Å². The van der Waals surface area contributed by atoms with Gasteiger partial charge >= 0.3 is 0 Å². The van der Waals surface area contributed by atoms with Crippen LogP contribution in [0.5, 0.6) is 0 Å². The summed E-state index contributed by atoms with van der Waals surface area (Å²) < 4.78 is 1.61. The van der Waals surface area contributed by atoms with Gasteiger partial charge in [0.1, 0.15) is 11.9 Å². The van der Waals surface area contributed by atoms with E-state index >= 15 is 0 Å². The van der Waals surface area contributed by atoms with Crippen molar-refractivity contribution in [3.8, 4) is 0 Å². The van der Waals surface area contributed by atoms with Gasteiger partial charge in [0.25, 0.3) is 5.56 Å². The minimum absolute atomic E-state index is 0.0292. The van der Waals surface area contributed by atoms with Crippen molar-refractivity contribution < 1.29 is 4.79 Å². The minimum atomic E-state index is -0.570. The average Bonchev–Trinajstić information content (AvgIpc) is 3.11. The Labute approximate surface area is 166 Å². The zero-order chi connectivity index (χ0) is 19.9. The van der Waals surface area contributed by atoms with E-state index in [-0.39, 0.29) is 23.6 Å². The van der Waals surface area contributed by atoms with Crippen molar-refractivity contribution in [2.24, 2.45) is 0 Å². The number of hydrogen-bond acceptors (Lipinski definition) is 3. The van der Waals surface area contributed by atoms with Crippen LogP contribution in [0.1, 0.15) is 49.1 Å². The van der Waals surface area contributed by atoms with Crippen LogP contribution in [0.3, 0.4) is 0 Å². The van der Waals surface area contributed by atoms with Crippen LogP contribution in [0.4, 0.5) is 0 Å². The molecule has 29 heavy (non-hydrogen) atoms. The van der Waals surface area contributed by atoms with E-state index in [2.05, 4.69) is 24.0 Å². The predicted molar refractivity (Wildman–Crippen MR) is 111 cm³/mol. The molecule has 0 fully saturated rings. The van der Waals surface area contributed by atoms with E-state index in [1.54, 1.807) is 17.6 Å². The molecule has 6 nitrogen and oxygen atoms in total. The number of rotatable bonds is 0. The predicted octanol–water partition coefficient (Wildman–Crippen LogP) is 3.64. The van der Waals surface area contributed by atoms with Gasteiger partial charge in [-0.2, -0.15) is 0 Å². The zero-order valence-electron chi connectivity index (χ0n) is 16.2. The van der Waals surface area contributed by atoms with Gasteiger partial charge in [-0.05, 0) is 37.6 Å². The van der Waals surface area contributed by atoms with Crippen LogP contribution < -0.4 is 5.56 Å². The van der Waals surface area contributed by atoms with Crippen LogP contribution in [0.25, 0.3) is 21.8 Å². The summed E-state index contributed by atoms with van der Waals surface area (Å²) in [6.07, 6.45) is 0.646. The van der Waals surface area contributed by atoms with E-state index in [1.165, 1.54) is 10.9 Å². The molecule has 1 N–H and O–H groups in total. The fourth-order valence-corrected chi connectivity index (χ4v) is 5.16. The number of carbonyl (C=O) groups is 1. The molecule has 0 radical (unpaired) electrons. The second kappa shape index (κ2) is 5.56. The Morgan fingerprint density at radius 3 is 2.52 bits per heavy atom. The third-order valence-corrected chi connectivity index (χ3v) is 6.55. The number of nitrogens with one attached hydrogen (secondary N) is 1. The van der Waals surface area contributed by atoms with Crippen LogP contribution in [0.15, 0.2) is 53.3 Å². The van der Waals surface area contributed by atoms with Crippen molar-refractivity contribution in [3.05, 3.63) is 76.0 Å². The lowest BCUT2D eigenvalue weighted by atomic mass is 9.89. The molecule has 2 aromatic carbocycles. The number of aromatic amines is 1. The number of nitrogens with zero attached hydrogens (tertiary/aromatic N) is 3. The molecule has 3 atom stereocenters. The quantitative estimate of drug-likeness (QED) is 0.503. The largest absolute Gasteiger partial charge is 0.356 e. The molecular formula is C23H20N4O2. The molecule has 2 aliphatic rings. The lowest BCUT2D eigenvalue weighted by Crippen LogP contribution is -2.52. The first-order chi connectivity index (χ1) is 14.1. The van der Waals surface area contributed by atoms with Gasteiger partial charge in [-0.15, -0.1) is 0 Å². The van der Waals surface area contributed by atoms with Crippen molar-refractivity contribution in [1.29, 1.82) is 0 Å². The van der Waals surface area contributed by atoms with Crippen LogP contribution in [-0.2, 0) is 11.2 Å². The first-order valence-electron chi connectivity index (χ1n) is 9.99. The molecule has 1 amide bonds. The van der Waals surface area contributed by atoms with Crippen molar-refractivity contribution >= 4 is 27.7 Å². The summed E-state index contributed by atoms with van der Waals surface area (Å²) in [5.41, 5.74) is 3.92. The second-order valence-electron chi connectivity index (χ2n) is 8.04. The normalized spacial score (nSPS) is 23.2. The lowest BCUT2D eigenvalue weighted by Gasteiger charge is -2.45. The molecule has 6 rings (SSSR count). The van der Waals surface area contributed by atoms with Crippen molar-refractivity contribution in [3.63, 3.8) is 0 Å². The van der Waals surface area contributed by atoms with Gasteiger partial charge in [0.2, 0.25) is 5.91 Å². The number of hydrogen-bond donors (Lipinski definition) is 1. The van der Waals surface area contributed by atoms with Crippen molar-refractivity contribution in [2.45, 2.75) is 38.4 Å². The lowest BCUT2D eigenvalue weighted by molar-refractivity contribution is -0.143. The minimum Gasteiger partial charge on any atom is -0.356 e. The Kier molecular flexibility index (Phi) is 3.17. The molecule has 4 aromatic rings. The van der Waals surface area contributed by atoms with Crippen molar-refractivity contribution in [2.75, 3.05) is 0 Å². The third-order valence-electron chi connectivity index (χ3n) is 6.55. The molecule has 2 aliphatic heterocycles. The number of H-pyrrole nitrogens is 1. The highest BCUT2D eigenvalue weighted by Crippen LogP contribution is 2.45. The Bertz CT molecular complexity index is 1380. The number of carbonyl (C=O) groups excluding carboxylic acids is 1. The maximum absolute atomic E-state index is 13.4. The molecule has 144 valence electrons. The highest BCUT2D eigenvalue weighted by atomic mass is 16.2. The Morgan fingerprint density at radius 1 is 0.966 bits per heavy atom. The molecule has 0 bridgehead atoms. The summed E-state index contributed by atoms with van der Waals surface area (Å²) in [6, 6.07) is 14.7. The van der Waals surface area contributed by atoms with Gasteiger partial charge < -0.3 is 9.88 Å². The summed E-state index contributed by atoms with van der Waals surface area (Å²) in [4.78, 5) is 36.9. The number of para-hydroxylation sites is 2. The van der Waals surface area contributed by atoms with Crippen LogP contribution in [0.2, 0.25) is 0 Å². The van der Waals surface area contributed by atoms with Crippen molar-refractivity contribution in [1.82, 2.24) is 19.4 Å². The maximum atomic E-state index is 13.4. The summed E-state index contributed by atoms with van der Waals surface area (Å²) in [5.74, 6) is 0.655. The SMILES string of the molecule is C[C@@H]1c2[nH]c3ccccc3c2C[C@H]2c3nc4ccccc4c(=O)n3[C@@H](C)C(=O)N12. The van der Waals surface area contributed by atoms with Crippen LogP contribution >= 0.6 is 0 Å². The first-order valence-corrected chi connectivity index (χ1v) is 9.99. The van der Waals surface area contributed by atoms with E-state index in [0.29, 0.717) is 23.1 Å².